The number of benzene rings is 1. The van der Waals surface area contributed by atoms with Crippen LogP contribution in [0, 0.1) is 0 Å². The summed E-state index contributed by atoms with van der Waals surface area (Å²) in [5, 5.41) is 0.620. The molecule has 0 bridgehead atoms. The van der Waals surface area contributed by atoms with E-state index >= 15 is 0 Å². The Morgan fingerprint density at radius 2 is 2.21 bits per heavy atom. The highest BCUT2D eigenvalue weighted by molar-refractivity contribution is 6.31. The highest BCUT2D eigenvalue weighted by atomic mass is 35.5. The third kappa shape index (κ3) is 1.88. The second-order valence-electron chi connectivity index (χ2n) is 3.46. The number of rotatable bonds is 2. The van der Waals surface area contributed by atoms with Gasteiger partial charge >= 0.3 is 0 Å². The van der Waals surface area contributed by atoms with Crippen LogP contribution in [0.15, 0.2) is 35.9 Å². The fourth-order valence-electron chi connectivity index (χ4n) is 1.69. The Morgan fingerprint density at radius 1 is 1.36 bits per heavy atom. The van der Waals surface area contributed by atoms with Crippen LogP contribution in [0.3, 0.4) is 0 Å². The Balaban J connectivity index is 2.27. The van der Waals surface area contributed by atoms with E-state index in [4.69, 9.17) is 11.6 Å². The lowest BCUT2D eigenvalue weighted by molar-refractivity contribution is 0.103. The zero-order valence-corrected chi connectivity index (χ0v) is 8.55. The topological polar surface area (TPSA) is 17.1 Å². The van der Waals surface area contributed by atoms with Crippen molar-refractivity contribution in [2.45, 2.75) is 19.3 Å². The minimum atomic E-state index is 0.130. The molecule has 2 heteroatoms. The molecule has 0 saturated carbocycles. The molecular formula is C12H11ClO. The highest BCUT2D eigenvalue weighted by Gasteiger charge is 2.14. The molecule has 0 saturated heterocycles. The molecule has 0 aromatic heterocycles. The van der Waals surface area contributed by atoms with Crippen molar-refractivity contribution in [3.05, 3.63) is 46.5 Å². The Morgan fingerprint density at radius 3 is 2.86 bits per heavy atom. The molecule has 1 aliphatic carbocycles. The van der Waals surface area contributed by atoms with Crippen molar-refractivity contribution in [1.82, 2.24) is 0 Å². The van der Waals surface area contributed by atoms with Crippen LogP contribution >= 0.6 is 11.6 Å². The maximum absolute atomic E-state index is 11.9. The predicted octanol–water partition coefficient (Wildman–Crippen LogP) is 3.63. The minimum Gasteiger partial charge on any atom is -0.289 e. The monoisotopic (exact) mass is 206 g/mol. The number of halogens is 1. The standard InChI is InChI=1S/C12H11ClO/c13-11-7-3-6-10(8-11)12(14)9-4-1-2-5-9/h3-4,6-8H,1-2,5H2. The Labute approximate surface area is 88.4 Å². The SMILES string of the molecule is O=C(C1=CCCC1)c1cccc(Cl)c1. The van der Waals surface area contributed by atoms with Crippen LogP contribution in [-0.2, 0) is 0 Å². The van der Waals surface area contributed by atoms with Gasteiger partial charge in [0, 0.05) is 10.6 Å². The fourth-order valence-corrected chi connectivity index (χ4v) is 1.88. The lowest BCUT2D eigenvalue weighted by Gasteiger charge is -2.01. The molecule has 0 fully saturated rings. The first kappa shape index (κ1) is 9.47. The van der Waals surface area contributed by atoms with Crippen LogP contribution < -0.4 is 0 Å². The van der Waals surface area contributed by atoms with Crippen molar-refractivity contribution >= 4 is 17.4 Å². The average molecular weight is 207 g/mol. The molecule has 0 radical (unpaired) electrons. The molecule has 1 aliphatic rings. The van der Waals surface area contributed by atoms with Crippen molar-refractivity contribution in [2.24, 2.45) is 0 Å². The zero-order valence-electron chi connectivity index (χ0n) is 7.79. The van der Waals surface area contributed by atoms with E-state index in [1.165, 1.54) is 0 Å². The summed E-state index contributed by atoms with van der Waals surface area (Å²) < 4.78 is 0. The first-order valence-electron chi connectivity index (χ1n) is 4.76. The third-order valence-corrected chi connectivity index (χ3v) is 2.65. The van der Waals surface area contributed by atoms with Gasteiger partial charge in [0.1, 0.15) is 0 Å². The van der Waals surface area contributed by atoms with Crippen molar-refractivity contribution in [2.75, 3.05) is 0 Å². The molecule has 0 atom stereocenters. The van der Waals surface area contributed by atoms with Crippen molar-refractivity contribution < 1.29 is 4.79 Å². The third-order valence-electron chi connectivity index (χ3n) is 2.42. The molecule has 0 aliphatic heterocycles. The van der Waals surface area contributed by atoms with Crippen LogP contribution in [0.1, 0.15) is 29.6 Å². The van der Waals surface area contributed by atoms with Gasteiger partial charge in [0.2, 0.25) is 0 Å². The Kier molecular flexibility index (Phi) is 2.69. The van der Waals surface area contributed by atoms with E-state index in [1.54, 1.807) is 12.1 Å². The molecular weight excluding hydrogens is 196 g/mol. The normalized spacial score (nSPS) is 15.4. The van der Waals surface area contributed by atoms with E-state index in [2.05, 4.69) is 0 Å². The molecule has 14 heavy (non-hydrogen) atoms. The van der Waals surface area contributed by atoms with Gasteiger partial charge in [0.15, 0.2) is 5.78 Å². The van der Waals surface area contributed by atoms with E-state index in [1.807, 2.05) is 18.2 Å². The van der Waals surface area contributed by atoms with Crippen LogP contribution in [-0.4, -0.2) is 5.78 Å². The quantitative estimate of drug-likeness (QED) is 0.676. The van der Waals surface area contributed by atoms with E-state index in [0.717, 1.165) is 24.8 Å². The predicted molar refractivity (Wildman–Crippen MR) is 57.7 cm³/mol. The molecule has 0 amide bonds. The number of hydrogen-bond donors (Lipinski definition) is 0. The summed E-state index contributed by atoms with van der Waals surface area (Å²) in [7, 11) is 0. The smallest absolute Gasteiger partial charge is 0.188 e. The lowest BCUT2D eigenvalue weighted by Crippen LogP contribution is -2.00. The molecule has 0 heterocycles. The number of carbonyl (C=O) groups is 1. The summed E-state index contributed by atoms with van der Waals surface area (Å²) in [5.74, 6) is 0.130. The van der Waals surface area contributed by atoms with Crippen molar-refractivity contribution in [3.8, 4) is 0 Å². The average Bonchev–Trinajstić information content (AvgIpc) is 2.69. The van der Waals surface area contributed by atoms with E-state index in [9.17, 15) is 4.79 Å². The second kappa shape index (κ2) is 3.97. The Hall–Kier alpha value is -1.08. The van der Waals surface area contributed by atoms with Crippen LogP contribution in [0.25, 0.3) is 0 Å². The lowest BCUT2D eigenvalue weighted by atomic mass is 10.0. The molecule has 0 spiro atoms. The summed E-state index contributed by atoms with van der Waals surface area (Å²) in [5.41, 5.74) is 1.64. The van der Waals surface area contributed by atoms with E-state index in [0.29, 0.717) is 10.6 Å². The molecule has 0 unspecified atom stereocenters. The van der Waals surface area contributed by atoms with Crippen LogP contribution in [0.4, 0.5) is 0 Å². The molecule has 72 valence electrons. The number of allylic oxidation sites excluding steroid dienone is 2. The summed E-state index contributed by atoms with van der Waals surface area (Å²) in [4.78, 5) is 11.9. The van der Waals surface area contributed by atoms with Gasteiger partial charge in [-0.25, -0.2) is 0 Å². The maximum atomic E-state index is 11.9. The number of Topliss-reactive ketones (excluding diaryl/α,β-unsaturated/α-hetero) is 1. The molecule has 1 aromatic rings. The summed E-state index contributed by atoms with van der Waals surface area (Å²) in [6, 6.07) is 7.13. The van der Waals surface area contributed by atoms with E-state index in [-0.39, 0.29) is 5.78 Å². The molecule has 1 aromatic carbocycles. The van der Waals surface area contributed by atoms with Crippen LogP contribution in [0.2, 0.25) is 5.02 Å². The van der Waals surface area contributed by atoms with E-state index < -0.39 is 0 Å². The molecule has 2 rings (SSSR count). The van der Waals surface area contributed by atoms with Crippen molar-refractivity contribution in [1.29, 1.82) is 0 Å². The molecule has 1 nitrogen and oxygen atoms in total. The van der Waals surface area contributed by atoms with Gasteiger partial charge in [0.25, 0.3) is 0 Å². The first-order chi connectivity index (χ1) is 6.77. The molecule has 0 N–H and O–H groups in total. The number of hydrogen-bond acceptors (Lipinski definition) is 1. The van der Waals surface area contributed by atoms with Gasteiger partial charge in [-0.1, -0.05) is 29.8 Å². The van der Waals surface area contributed by atoms with Gasteiger partial charge in [-0.15, -0.1) is 0 Å². The number of carbonyl (C=O) groups excluding carboxylic acids is 1. The zero-order chi connectivity index (χ0) is 9.97. The van der Waals surface area contributed by atoms with Crippen LogP contribution in [0.5, 0.6) is 0 Å². The van der Waals surface area contributed by atoms with Gasteiger partial charge < -0.3 is 0 Å². The van der Waals surface area contributed by atoms with Gasteiger partial charge in [0.05, 0.1) is 0 Å². The highest BCUT2D eigenvalue weighted by Crippen LogP contribution is 2.22. The van der Waals surface area contributed by atoms with Gasteiger partial charge in [-0.05, 0) is 37.0 Å². The summed E-state index contributed by atoms with van der Waals surface area (Å²) in [6.45, 7) is 0. The second-order valence-corrected chi connectivity index (χ2v) is 3.90. The first-order valence-corrected chi connectivity index (χ1v) is 5.14. The maximum Gasteiger partial charge on any atom is 0.188 e. The summed E-state index contributed by atoms with van der Waals surface area (Å²) >= 11 is 5.82. The fraction of sp³-hybridized carbons (Fsp3) is 0.250. The summed E-state index contributed by atoms with van der Waals surface area (Å²) in [6.07, 6.45) is 5.07. The largest absolute Gasteiger partial charge is 0.289 e. The van der Waals surface area contributed by atoms with Gasteiger partial charge in [-0.3, -0.25) is 4.79 Å². The van der Waals surface area contributed by atoms with Crippen molar-refractivity contribution in [3.63, 3.8) is 0 Å². The Bertz CT molecular complexity index is 393. The minimum absolute atomic E-state index is 0.130. The van der Waals surface area contributed by atoms with Gasteiger partial charge in [-0.2, -0.15) is 0 Å². The number of ketones is 1.